The van der Waals surface area contributed by atoms with Gasteiger partial charge in [-0.15, -0.1) is 0 Å². The third-order valence-corrected chi connectivity index (χ3v) is 3.01. The summed E-state index contributed by atoms with van der Waals surface area (Å²) in [5.41, 5.74) is 7.21. The van der Waals surface area contributed by atoms with Crippen LogP contribution in [0, 0.1) is 0 Å². The highest BCUT2D eigenvalue weighted by molar-refractivity contribution is 5.96. The van der Waals surface area contributed by atoms with Crippen LogP contribution in [0.5, 0.6) is 11.5 Å². The van der Waals surface area contributed by atoms with Gasteiger partial charge in [-0.05, 0) is 18.2 Å². The van der Waals surface area contributed by atoms with Gasteiger partial charge in [0, 0.05) is 17.3 Å². The fourth-order valence-corrected chi connectivity index (χ4v) is 1.94. The zero-order valence-electron chi connectivity index (χ0n) is 12.0. The molecule has 0 radical (unpaired) electrons. The summed E-state index contributed by atoms with van der Waals surface area (Å²) in [6.07, 6.45) is 0. The minimum atomic E-state index is -0.475. The lowest BCUT2D eigenvalue weighted by Gasteiger charge is -2.12. The molecule has 0 aromatic heterocycles. The molecular formula is C16H17NO4. The first-order chi connectivity index (χ1) is 10.2. The molecule has 2 N–H and O–H groups in total. The van der Waals surface area contributed by atoms with Crippen molar-refractivity contribution in [2.45, 2.75) is 6.61 Å². The van der Waals surface area contributed by atoms with Crippen LogP contribution in [-0.4, -0.2) is 20.2 Å². The van der Waals surface area contributed by atoms with Gasteiger partial charge < -0.3 is 19.9 Å². The second-order valence-electron chi connectivity index (χ2n) is 4.34. The van der Waals surface area contributed by atoms with Gasteiger partial charge in [0.25, 0.3) is 0 Å². The van der Waals surface area contributed by atoms with Gasteiger partial charge >= 0.3 is 5.97 Å². The zero-order valence-corrected chi connectivity index (χ0v) is 12.0. The zero-order chi connectivity index (χ0) is 15.2. The van der Waals surface area contributed by atoms with E-state index in [1.54, 1.807) is 31.4 Å². The lowest BCUT2D eigenvalue weighted by Crippen LogP contribution is -2.11. The predicted molar refractivity (Wildman–Crippen MR) is 79.5 cm³/mol. The van der Waals surface area contributed by atoms with Crippen molar-refractivity contribution in [2.24, 2.45) is 0 Å². The van der Waals surface area contributed by atoms with Gasteiger partial charge in [-0.3, -0.25) is 0 Å². The van der Waals surface area contributed by atoms with E-state index < -0.39 is 5.97 Å². The summed E-state index contributed by atoms with van der Waals surface area (Å²) in [6, 6.07) is 12.4. The van der Waals surface area contributed by atoms with Gasteiger partial charge in [-0.1, -0.05) is 18.2 Å². The molecule has 0 atom stereocenters. The predicted octanol–water partition coefficient (Wildman–Crippen LogP) is 2.64. The van der Waals surface area contributed by atoms with Crippen LogP contribution in [0.3, 0.4) is 0 Å². The minimum absolute atomic E-state index is 0.211. The SMILES string of the molecule is COC(=O)c1c(N)cccc1COc1cccc(OC)c1. The van der Waals surface area contributed by atoms with Gasteiger partial charge in [0.1, 0.15) is 18.1 Å². The van der Waals surface area contributed by atoms with E-state index >= 15 is 0 Å². The van der Waals surface area contributed by atoms with Gasteiger partial charge in [0.05, 0.1) is 19.8 Å². The summed E-state index contributed by atoms with van der Waals surface area (Å²) in [7, 11) is 2.91. The molecule has 2 aromatic carbocycles. The number of hydrogen-bond donors (Lipinski definition) is 1. The normalized spacial score (nSPS) is 10.0. The molecule has 0 unspecified atom stereocenters. The van der Waals surface area contributed by atoms with Crippen molar-refractivity contribution < 1.29 is 19.0 Å². The average Bonchev–Trinajstić information content (AvgIpc) is 2.52. The maximum atomic E-state index is 11.8. The number of nitrogens with two attached hydrogens (primary N) is 1. The number of benzene rings is 2. The minimum Gasteiger partial charge on any atom is -0.497 e. The van der Waals surface area contributed by atoms with Crippen molar-refractivity contribution in [3.63, 3.8) is 0 Å². The summed E-state index contributed by atoms with van der Waals surface area (Å²) in [6.45, 7) is 0.211. The van der Waals surface area contributed by atoms with Crippen molar-refractivity contribution in [1.29, 1.82) is 0 Å². The maximum Gasteiger partial charge on any atom is 0.340 e. The van der Waals surface area contributed by atoms with E-state index in [0.29, 0.717) is 28.3 Å². The quantitative estimate of drug-likeness (QED) is 0.676. The highest BCUT2D eigenvalue weighted by Crippen LogP contribution is 2.23. The standard InChI is InChI=1S/C16H17NO4/c1-19-12-6-4-7-13(9-12)21-10-11-5-3-8-14(17)15(11)16(18)20-2/h3-9H,10,17H2,1-2H3. The van der Waals surface area contributed by atoms with Crippen molar-refractivity contribution in [3.05, 3.63) is 53.6 Å². The fraction of sp³-hybridized carbons (Fsp3) is 0.188. The number of ether oxygens (including phenoxy) is 3. The van der Waals surface area contributed by atoms with E-state index in [-0.39, 0.29) is 6.61 Å². The monoisotopic (exact) mass is 287 g/mol. The molecule has 5 nitrogen and oxygen atoms in total. The van der Waals surface area contributed by atoms with Gasteiger partial charge in [0.15, 0.2) is 0 Å². The molecule has 0 aliphatic carbocycles. The number of nitrogen functional groups attached to an aromatic ring is 1. The lowest BCUT2D eigenvalue weighted by molar-refractivity contribution is 0.0599. The van der Waals surface area contributed by atoms with Crippen molar-refractivity contribution in [3.8, 4) is 11.5 Å². The highest BCUT2D eigenvalue weighted by atomic mass is 16.5. The molecule has 0 saturated carbocycles. The van der Waals surface area contributed by atoms with E-state index in [4.69, 9.17) is 19.9 Å². The van der Waals surface area contributed by atoms with Crippen LogP contribution >= 0.6 is 0 Å². The first kappa shape index (κ1) is 14.7. The van der Waals surface area contributed by atoms with Crippen molar-refractivity contribution in [1.82, 2.24) is 0 Å². The van der Waals surface area contributed by atoms with Crippen LogP contribution in [0.15, 0.2) is 42.5 Å². The van der Waals surface area contributed by atoms with Crippen molar-refractivity contribution >= 4 is 11.7 Å². The Hall–Kier alpha value is -2.69. The molecule has 0 bridgehead atoms. The third-order valence-electron chi connectivity index (χ3n) is 3.01. The maximum absolute atomic E-state index is 11.8. The van der Waals surface area contributed by atoms with Crippen LogP contribution in [0.4, 0.5) is 5.69 Å². The van der Waals surface area contributed by atoms with Crippen LogP contribution in [0.2, 0.25) is 0 Å². The molecular weight excluding hydrogens is 270 g/mol. The van der Waals surface area contributed by atoms with Gasteiger partial charge in [-0.25, -0.2) is 4.79 Å². The molecule has 21 heavy (non-hydrogen) atoms. The molecule has 0 fully saturated rings. The molecule has 0 heterocycles. The number of carbonyl (C=O) groups is 1. The largest absolute Gasteiger partial charge is 0.497 e. The summed E-state index contributed by atoms with van der Waals surface area (Å²) in [5.74, 6) is 0.873. The first-order valence-electron chi connectivity index (χ1n) is 6.38. The van der Waals surface area contributed by atoms with Crippen molar-refractivity contribution in [2.75, 3.05) is 20.0 Å². The Morgan fingerprint density at radius 1 is 1.10 bits per heavy atom. The smallest absolute Gasteiger partial charge is 0.340 e. The number of hydrogen-bond acceptors (Lipinski definition) is 5. The Bertz CT molecular complexity index is 640. The van der Waals surface area contributed by atoms with Gasteiger partial charge in [0.2, 0.25) is 0 Å². The summed E-state index contributed by atoms with van der Waals surface area (Å²) < 4.78 is 15.6. The molecule has 2 aromatic rings. The summed E-state index contributed by atoms with van der Waals surface area (Å²) in [5, 5.41) is 0. The van der Waals surface area contributed by atoms with E-state index in [9.17, 15) is 4.79 Å². The Balaban J connectivity index is 2.20. The molecule has 0 amide bonds. The molecule has 0 saturated heterocycles. The summed E-state index contributed by atoms with van der Waals surface area (Å²) >= 11 is 0. The Morgan fingerprint density at radius 3 is 2.52 bits per heavy atom. The summed E-state index contributed by atoms with van der Waals surface area (Å²) in [4.78, 5) is 11.8. The molecule has 2 rings (SSSR count). The number of esters is 1. The van der Waals surface area contributed by atoms with E-state index in [1.165, 1.54) is 7.11 Å². The lowest BCUT2D eigenvalue weighted by atomic mass is 10.1. The van der Waals surface area contributed by atoms with Crippen LogP contribution < -0.4 is 15.2 Å². The van der Waals surface area contributed by atoms with Gasteiger partial charge in [-0.2, -0.15) is 0 Å². The Kier molecular flexibility index (Phi) is 4.66. The fourth-order valence-electron chi connectivity index (χ4n) is 1.94. The first-order valence-corrected chi connectivity index (χ1v) is 6.38. The van der Waals surface area contributed by atoms with Crippen LogP contribution in [0.1, 0.15) is 15.9 Å². The second-order valence-corrected chi connectivity index (χ2v) is 4.34. The molecule has 0 aliphatic heterocycles. The third kappa shape index (κ3) is 3.45. The Morgan fingerprint density at radius 2 is 1.81 bits per heavy atom. The number of rotatable bonds is 5. The topological polar surface area (TPSA) is 70.8 Å². The number of methoxy groups -OCH3 is 2. The van der Waals surface area contributed by atoms with E-state index in [1.807, 2.05) is 18.2 Å². The average molecular weight is 287 g/mol. The molecule has 110 valence electrons. The molecule has 0 spiro atoms. The highest BCUT2D eigenvalue weighted by Gasteiger charge is 2.15. The number of anilines is 1. The van der Waals surface area contributed by atoms with Crippen LogP contribution in [-0.2, 0) is 11.3 Å². The van der Waals surface area contributed by atoms with E-state index in [0.717, 1.165) is 0 Å². The second kappa shape index (κ2) is 6.65. The number of carbonyl (C=O) groups excluding carboxylic acids is 1. The van der Waals surface area contributed by atoms with E-state index in [2.05, 4.69) is 0 Å². The Labute approximate surface area is 123 Å². The van der Waals surface area contributed by atoms with Crippen LogP contribution in [0.25, 0.3) is 0 Å². The molecule has 5 heteroatoms. The molecule has 0 aliphatic rings.